The monoisotopic (exact) mass is 456 g/mol. The van der Waals surface area contributed by atoms with E-state index in [0.29, 0.717) is 12.4 Å². The van der Waals surface area contributed by atoms with Gasteiger partial charge in [0.1, 0.15) is 10.8 Å². The molecule has 3 aromatic carbocycles. The zero-order valence-electron chi connectivity index (χ0n) is 18.0. The minimum atomic E-state index is -0.287. The molecule has 5 aromatic rings. The van der Waals surface area contributed by atoms with E-state index in [-0.39, 0.29) is 5.82 Å². The van der Waals surface area contributed by atoms with Gasteiger partial charge in [-0.25, -0.2) is 9.07 Å². The Morgan fingerprint density at radius 2 is 1.70 bits per heavy atom. The number of aryl methyl sites for hydroxylation is 1. The molecule has 6 nitrogen and oxygen atoms in total. The summed E-state index contributed by atoms with van der Waals surface area (Å²) in [6.07, 6.45) is 1.74. The van der Waals surface area contributed by atoms with Gasteiger partial charge in [-0.15, -0.1) is 22.0 Å². The Bertz CT molecular complexity index is 1360. The summed E-state index contributed by atoms with van der Waals surface area (Å²) in [6, 6.07) is 24.7. The molecule has 0 spiro atoms. The minimum absolute atomic E-state index is 0.287. The fraction of sp³-hybridized carbons (Fsp3) is 0.120. The summed E-state index contributed by atoms with van der Waals surface area (Å²) in [6.45, 7) is 2.59. The van der Waals surface area contributed by atoms with Crippen molar-refractivity contribution in [3.05, 3.63) is 108 Å². The van der Waals surface area contributed by atoms with Gasteiger partial charge in [-0.05, 0) is 47.5 Å². The molecule has 0 saturated carbocycles. The van der Waals surface area contributed by atoms with Gasteiger partial charge in [0.2, 0.25) is 5.82 Å². The van der Waals surface area contributed by atoms with Crippen molar-refractivity contribution in [1.29, 1.82) is 0 Å². The third-order valence-electron chi connectivity index (χ3n) is 5.11. The summed E-state index contributed by atoms with van der Waals surface area (Å²) < 4.78 is 15.3. The highest BCUT2D eigenvalue weighted by Crippen LogP contribution is 2.33. The van der Waals surface area contributed by atoms with Gasteiger partial charge < -0.3 is 0 Å². The van der Waals surface area contributed by atoms with Crippen molar-refractivity contribution in [1.82, 2.24) is 30.0 Å². The second-order valence-corrected chi connectivity index (χ2v) is 8.62. The lowest BCUT2D eigenvalue weighted by atomic mass is 10.1. The van der Waals surface area contributed by atoms with Crippen LogP contribution in [0.25, 0.3) is 17.1 Å². The number of nitrogens with zero attached hydrogens (tertiary/aromatic N) is 6. The van der Waals surface area contributed by atoms with E-state index in [1.165, 1.54) is 23.3 Å². The molecule has 0 saturated heterocycles. The first-order valence-electron chi connectivity index (χ1n) is 10.5. The highest BCUT2D eigenvalue weighted by molar-refractivity contribution is 7.98. The topological polar surface area (TPSA) is 61.4 Å². The van der Waals surface area contributed by atoms with Gasteiger partial charge in [0, 0.05) is 5.75 Å². The second-order valence-electron chi connectivity index (χ2n) is 7.66. The second kappa shape index (κ2) is 9.38. The Kier molecular flexibility index (Phi) is 5.99. The minimum Gasteiger partial charge on any atom is -0.226 e. The molecule has 0 amide bonds. The smallest absolute Gasteiger partial charge is 0.209 e. The zero-order valence-corrected chi connectivity index (χ0v) is 18.8. The van der Waals surface area contributed by atoms with Crippen LogP contribution in [-0.2, 0) is 12.3 Å². The Morgan fingerprint density at radius 3 is 2.48 bits per heavy atom. The third-order valence-corrected chi connectivity index (χ3v) is 6.26. The number of hydrogen-bond acceptors (Lipinski definition) is 5. The fourth-order valence-electron chi connectivity index (χ4n) is 3.51. The van der Waals surface area contributed by atoms with Crippen molar-refractivity contribution in [2.45, 2.75) is 24.2 Å². The maximum absolute atomic E-state index is 13.5. The lowest BCUT2D eigenvalue weighted by Gasteiger charge is -2.09. The number of halogens is 1. The molecule has 0 N–H and O–H groups in total. The predicted octanol–water partition coefficient (Wildman–Crippen LogP) is 5.31. The molecule has 0 aliphatic heterocycles. The molecule has 33 heavy (non-hydrogen) atoms. The standard InChI is InChI=1S/C25H21FN6S/c1-18-6-5-9-20(14-18)16-31-29-24(28-30-31)23-15-27-32(22-12-10-21(26)11-13-22)25(23)33-17-19-7-3-2-4-8-19/h2-15H,16-17H2,1H3. The van der Waals surface area contributed by atoms with Gasteiger partial charge in [0.15, 0.2) is 0 Å². The van der Waals surface area contributed by atoms with E-state index in [1.807, 2.05) is 30.3 Å². The Balaban J connectivity index is 1.47. The van der Waals surface area contributed by atoms with Crippen LogP contribution >= 0.6 is 11.8 Å². The van der Waals surface area contributed by atoms with Gasteiger partial charge in [-0.2, -0.15) is 9.90 Å². The van der Waals surface area contributed by atoms with Gasteiger partial charge in [-0.3, -0.25) is 0 Å². The molecule has 0 aliphatic rings. The van der Waals surface area contributed by atoms with Crippen molar-refractivity contribution in [2.75, 3.05) is 0 Å². The van der Waals surface area contributed by atoms with Crippen molar-refractivity contribution < 1.29 is 4.39 Å². The average molecular weight is 457 g/mol. The zero-order chi connectivity index (χ0) is 22.6. The van der Waals surface area contributed by atoms with Crippen molar-refractivity contribution in [2.24, 2.45) is 0 Å². The van der Waals surface area contributed by atoms with Crippen LogP contribution in [0.2, 0.25) is 0 Å². The summed E-state index contributed by atoms with van der Waals surface area (Å²) in [5.74, 6) is 0.968. The van der Waals surface area contributed by atoms with Crippen molar-refractivity contribution >= 4 is 11.8 Å². The Morgan fingerprint density at radius 1 is 0.909 bits per heavy atom. The molecule has 2 aromatic heterocycles. The predicted molar refractivity (Wildman–Crippen MR) is 127 cm³/mol. The van der Waals surface area contributed by atoms with Crippen molar-refractivity contribution in [3.63, 3.8) is 0 Å². The number of rotatable bonds is 7. The summed E-state index contributed by atoms with van der Waals surface area (Å²) in [5.41, 5.74) is 5.05. The van der Waals surface area contributed by atoms with E-state index in [0.717, 1.165) is 27.6 Å². The Hall–Kier alpha value is -3.78. The number of hydrogen-bond donors (Lipinski definition) is 0. The van der Waals surface area contributed by atoms with Gasteiger partial charge in [0.05, 0.1) is 24.0 Å². The number of benzene rings is 3. The molecule has 2 heterocycles. The first kappa shape index (κ1) is 21.1. The van der Waals surface area contributed by atoms with E-state index in [9.17, 15) is 4.39 Å². The normalized spacial score (nSPS) is 11.1. The van der Waals surface area contributed by atoms with Crippen LogP contribution < -0.4 is 0 Å². The van der Waals surface area contributed by atoms with Crippen LogP contribution in [0.3, 0.4) is 0 Å². The third kappa shape index (κ3) is 4.85. The quantitative estimate of drug-likeness (QED) is 0.311. The van der Waals surface area contributed by atoms with Gasteiger partial charge in [0.25, 0.3) is 0 Å². The van der Waals surface area contributed by atoms with Crippen LogP contribution in [0.4, 0.5) is 4.39 Å². The van der Waals surface area contributed by atoms with E-state index in [2.05, 4.69) is 51.7 Å². The SMILES string of the molecule is Cc1cccc(Cn2nnc(-c3cnn(-c4ccc(F)cc4)c3SCc3ccccc3)n2)c1. The van der Waals surface area contributed by atoms with Crippen LogP contribution in [-0.4, -0.2) is 30.0 Å². The molecular weight excluding hydrogens is 435 g/mol. The Labute approximate surface area is 195 Å². The van der Waals surface area contributed by atoms with Gasteiger partial charge >= 0.3 is 0 Å². The maximum atomic E-state index is 13.5. The number of tetrazole rings is 1. The highest BCUT2D eigenvalue weighted by atomic mass is 32.2. The van der Waals surface area contributed by atoms with E-state index < -0.39 is 0 Å². The fourth-order valence-corrected chi connectivity index (χ4v) is 4.58. The molecule has 0 fully saturated rings. The summed E-state index contributed by atoms with van der Waals surface area (Å²) in [5, 5.41) is 18.6. The molecule has 0 bridgehead atoms. The molecule has 8 heteroatoms. The highest BCUT2D eigenvalue weighted by Gasteiger charge is 2.19. The summed E-state index contributed by atoms with van der Waals surface area (Å²) in [7, 11) is 0. The molecule has 5 rings (SSSR count). The lowest BCUT2D eigenvalue weighted by Crippen LogP contribution is -2.04. The summed E-state index contributed by atoms with van der Waals surface area (Å²) >= 11 is 1.63. The molecule has 0 aliphatic carbocycles. The largest absolute Gasteiger partial charge is 0.226 e. The van der Waals surface area contributed by atoms with Crippen molar-refractivity contribution in [3.8, 4) is 17.1 Å². The summed E-state index contributed by atoms with van der Waals surface area (Å²) in [4.78, 5) is 1.59. The van der Waals surface area contributed by atoms with Gasteiger partial charge in [-0.1, -0.05) is 60.2 Å². The maximum Gasteiger partial charge on any atom is 0.209 e. The van der Waals surface area contributed by atoms with Crippen LogP contribution in [0.5, 0.6) is 0 Å². The van der Waals surface area contributed by atoms with E-state index in [1.54, 1.807) is 39.6 Å². The molecule has 0 radical (unpaired) electrons. The first-order valence-corrected chi connectivity index (χ1v) is 11.5. The molecule has 0 unspecified atom stereocenters. The lowest BCUT2D eigenvalue weighted by molar-refractivity contribution is 0.572. The van der Waals surface area contributed by atoms with Crippen LogP contribution in [0.15, 0.2) is 90.1 Å². The molecular formula is C25H21FN6S. The van der Waals surface area contributed by atoms with Crippen LogP contribution in [0.1, 0.15) is 16.7 Å². The van der Waals surface area contributed by atoms with E-state index in [4.69, 9.17) is 0 Å². The number of thioether (sulfide) groups is 1. The van der Waals surface area contributed by atoms with E-state index >= 15 is 0 Å². The number of aromatic nitrogens is 6. The van der Waals surface area contributed by atoms with Crippen LogP contribution in [0, 0.1) is 12.7 Å². The molecule has 164 valence electrons. The average Bonchev–Trinajstić information content (AvgIpc) is 3.46. The first-order chi connectivity index (χ1) is 16.2. The molecule has 0 atom stereocenters.